The summed E-state index contributed by atoms with van der Waals surface area (Å²) in [6.45, 7) is 18.5. The number of hydrogen-bond donors (Lipinski definition) is 1. The van der Waals surface area contributed by atoms with Crippen molar-refractivity contribution < 1.29 is 14.7 Å². The highest BCUT2D eigenvalue weighted by Crippen LogP contribution is 2.31. The molecule has 5 heteroatoms. The third kappa shape index (κ3) is 13.7. The smallest absolute Gasteiger partial charge is 0.224 e. The number of aliphatic hydroxyl groups is 1. The van der Waals surface area contributed by atoms with E-state index in [1.54, 1.807) is 25.8 Å². The van der Waals surface area contributed by atoms with Crippen molar-refractivity contribution in [1.29, 1.82) is 0 Å². The van der Waals surface area contributed by atoms with Gasteiger partial charge >= 0.3 is 0 Å². The number of hydrogen-bond acceptors (Lipinski definition) is 4. The maximum Gasteiger partial charge on any atom is 0.224 e. The van der Waals surface area contributed by atoms with E-state index in [0.29, 0.717) is 12.5 Å². The lowest BCUT2D eigenvalue weighted by Gasteiger charge is -2.33. The molecule has 1 N–H and O–H groups in total. The van der Waals surface area contributed by atoms with Gasteiger partial charge < -0.3 is 10.0 Å². The quantitative estimate of drug-likeness (QED) is 0.312. The van der Waals surface area contributed by atoms with Crippen LogP contribution in [-0.2, 0) is 9.59 Å². The molecular formula is C32H54N2O3. The van der Waals surface area contributed by atoms with E-state index in [9.17, 15) is 14.7 Å². The molecule has 1 heterocycles. The van der Waals surface area contributed by atoms with Gasteiger partial charge in [0.25, 0.3) is 0 Å². The molecule has 37 heavy (non-hydrogen) atoms. The molecule has 2 unspecified atom stereocenters. The van der Waals surface area contributed by atoms with Gasteiger partial charge in [0.15, 0.2) is 0 Å². The number of aliphatic imine (C=N–C) groups is 1. The molecule has 1 aliphatic heterocycles. The molecule has 3 atom stereocenters. The van der Waals surface area contributed by atoms with Crippen molar-refractivity contribution in [2.45, 2.75) is 107 Å². The highest BCUT2D eigenvalue weighted by atomic mass is 16.3. The fourth-order valence-electron chi connectivity index (χ4n) is 4.35. The molecule has 0 aromatic heterocycles. The normalized spacial score (nSPS) is 27.4. The molecule has 0 saturated heterocycles. The maximum absolute atomic E-state index is 12.8. The van der Waals surface area contributed by atoms with Gasteiger partial charge in [-0.05, 0) is 65.4 Å². The molecule has 0 bridgehead atoms. The highest BCUT2D eigenvalue weighted by molar-refractivity contribution is 5.87. The Hall–Kier alpha value is -2.27. The van der Waals surface area contributed by atoms with Gasteiger partial charge in [0.05, 0.1) is 23.6 Å². The van der Waals surface area contributed by atoms with Crippen LogP contribution in [0.1, 0.15) is 101 Å². The molecule has 1 rings (SSSR count). The lowest BCUT2D eigenvalue weighted by atomic mass is 9.74. The molecule has 5 nitrogen and oxygen atoms in total. The summed E-state index contributed by atoms with van der Waals surface area (Å²) in [6, 6.07) is 0. The Bertz CT molecular complexity index is 861. The number of nitrogens with zero attached hydrogens (tertiary/aromatic N) is 2. The topological polar surface area (TPSA) is 70.0 Å². The highest BCUT2D eigenvalue weighted by Gasteiger charge is 2.39. The zero-order valence-corrected chi connectivity index (χ0v) is 25.3. The molecule has 0 aromatic rings. The van der Waals surface area contributed by atoms with Gasteiger partial charge in [-0.25, -0.2) is 0 Å². The van der Waals surface area contributed by atoms with Crippen LogP contribution >= 0.6 is 0 Å². The van der Waals surface area contributed by atoms with Gasteiger partial charge in [-0.15, -0.1) is 0 Å². The number of amides is 1. The minimum Gasteiger partial charge on any atom is -0.392 e. The van der Waals surface area contributed by atoms with Crippen LogP contribution in [0.25, 0.3) is 0 Å². The number of Topliss-reactive ketones (excluding diaryl/α,β-unsaturated/α-hetero) is 1. The third-order valence-electron chi connectivity index (χ3n) is 6.88. The molecule has 1 aliphatic rings. The summed E-state index contributed by atoms with van der Waals surface area (Å²) in [4.78, 5) is 31.3. The molecule has 0 saturated carbocycles. The number of carbonyl (C=O) groups is 2. The average Bonchev–Trinajstić information content (AvgIpc) is 2.82. The van der Waals surface area contributed by atoms with E-state index in [1.165, 1.54) is 17.7 Å². The molecule has 0 spiro atoms. The number of rotatable bonds is 4. The first-order valence-electron chi connectivity index (χ1n) is 13.9. The summed E-state index contributed by atoms with van der Waals surface area (Å²) in [7, 11) is 1.75. The summed E-state index contributed by atoms with van der Waals surface area (Å²) in [5, 5.41) is 10.5. The molecule has 0 aromatic carbocycles. The summed E-state index contributed by atoms with van der Waals surface area (Å²) in [5.74, 6) is 0.180. The van der Waals surface area contributed by atoms with Gasteiger partial charge in [-0.1, -0.05) is 77.0 Å². The maximum atomic E-state index is 12.8. The molecule has 0 radical (unpaired) electrons. The van der Waals surface area contributed by atoms with Crippen LogP contribution in [0.2, 0.25) is 0 Å². The van der Waals surface area contributed by atoms with E-state index in [2.05, 4.69) is 50.9 Å². The SMILES string of the molecule is C/C=C\C(=C\C)N=C(C)CCC.CC1=C/CCN(C)C(=O)C[C@H](O)C(C)(C)C(=O)C(C)CC(C)C\C=C\1. The van der Waals surface area contributed by atoms with Gasteiger partial charge in [0.1, 0.15) is 5.78 Å². The Kier molecular flexibility index (Phi) is 17.0. The van der Waals surface area contributed by atoms with Crippen molar-refractivity contribution in [3.63, 3.8) is 0 Å². The number of aliphatic hydroxyl groups excluding tert-OH is 1. The zero-order chi connectivity index (χ0) is 28.6. The van der Waals surface area contributed by atoms with Crippen molar-refractivity contribution in [3.05, 3.63) is 47.7 Å². The number of carbonyl (C=O) groups excluding carboxylic acids is 2. The van der Waals surface area contributed by atoms with Gasteiger partial charge in [-0.3, -0.25) is 14.6 Å². The van der Waals surface area contributed by atoms with Crippen molar-refractivity contribution in [2.24, 2.45) is 22.2 Å². The van der Waals surface area contributed by atoms with E-state index in [-0.39, 0.29) is 24.0 Å². The number of ketones is 1. The van der Waals surface area contributed by atoms with E-state index >= 15 is 0 Å². The van der Waals surface area contributed by atoms with E-state index in [1.807, 2.05) is 39.0 Å². The second kappa shape index (κ2) is 18.1. The van der Waals surface area contributed by atoms with Crippen LogP contribution in [0.15, 0.2) is 52.7 Å². The Balaban J connectivity index is 0.000000908. The van der Waals surface area contributed by atoms with Gasteiger partial charge in [0, 0.05) is 25.2 Å². The zero-order valence-electron chi connectivity index (χ0n) is 25.3. The summed E-state index contributed by atoms with van der Waals surface area (Å²) in [6.07, 6.45) is 16.3. The first kappa shape index (κ1) is 34.7. The third-order valence-corrected chi connectivity index (χ3v) is 6.88. The molecule has 1 amide bonds. The van der Waals surface area contributed by atoms with Crippen LogP contribution in [0.3, 0.4) is 0 Å². The predicted molar refractivity (Wildman–Crippen MR) is 159 cm³/mol. The van der Waals surface area contributed by atoms with Crippen LogP contribution < -0.4 is 0 Å². The second-order valence-electron chi connectivity index (χ2n) is 11.0. The minimum absolute atomic E-state index is 0.0138. The van der Waals surface area contributed by atoms with Gasteiger partial charge in [-0.2, -0.15) is 0 Å². The molecular weight excluding hydrogens is 460 g/mol. The van der Waals surface area contributed by atoms with Gasteiger partial charge in [0.2, 0.25) is 5.91 Å². The largest absolute Gasteiger partial charge is 0.392 e. The van der Waals surface area contributed by atoms with E-state index in [0.717, 1.165) is 31.4 Å². The van der Waals surface area contributed by atoms with Crippen LogP contribution in [-0.4, -0.2) is 47.1 Å². The summed E-state index contributed by atoms with van der Waals surface area (Å²) >= 11 is 0. The Morgan fingerprint density at radius 2 is 1.89 bits per heavy atom. The monoisotopic (exact) mass is 514 g/mol. The first-order chi connectivity index (χ1) is 17.3. The van der Waals surface area contributed by atoms with E-state index in [4.69, 9.17) is 0 Å². The summed E-state index contributed by atoms with van der Waals surface area (Å²) in [5.41, 5.74) is 2.54. The van der Waals surface area contributed by atoms with Crippen molar-refractivity contribution in [2.75, 3.05) is 13.6 Å². The average molecular weight is 515 g/mol. The Labute approximate surface area is 227 Å². The van der Waals surface area contributed by atoms with Crippen molar-refractivity contribution >= 4 is 17.4 Å². The fourth-order valence-corrected chi connectivity index (χ4v) is 4.35. The predicted octanol–water partition coefficient (Wildman–Crippen LogP) is 7.48. The Morgan fingerprint density at radius 3 is 2.46 bits per heavy atom. The van der Waals surface area contributed by atoms with Crippen molar-refractivity contribution in [3.8, 4) is 0 Å². The standard InChI is InChI=1S/C21H35NO3.C11H19N/c1-15-9-7-10-16(2)13-17(3)20(25)21(4,5)18(23)14-19(24)22(6)12-8-11-15;1-5-8-10(4)12-11(7-3)9-6-2/h7,9,11,16-18,23H,8,10,12-14H2,1-6H3;6-7,9H,5,8H2,1-4H3/b9-7+,15-11-;9-6-,11-7-,12-10?/t16?,17?,18-;/m0./s1. The fraction of sp³-hybridized carbons (Fsp3) is 0.656. The molecule has 0 aliphatic carbocycles. The van der Waals surface area contributed by atoms with Crippen LogP contribution in [0, 0.1) is 17.3 Å². The molecule has 210 valence electrons. The van der Waals surface area contributed by atoms with E-state index < -0.39 is 11.5 Å². The lowest BCUT2D eigenvalue weighted by Crippen LogP contribution is -2.43. The van der Waals surface area contributed by atoms with Crippen LogP contribution in [0.4, 0.5) is 0 Å². The van der Waals surface area contributed by atoms with Crippen LogP contribution in [0.5, 0.6) is 0 Å². The Morgan fingerprint density at radius 1 is 1.24 bits per heavy atom. The number of allylic oxidation sites excluding steroid dienone is 6. The lowest BCUT2D eigenvalue weighted by molar-refractivity contribution is -0.141. The minimum atomic E-state index is -0.960. The second-order valence-corrected chi connectivity index (χ2v) is 11.0. The van der Waals surface area contributed by atoms with Crippen molar-refractivity contribution in [1.82, 2.24) is 4.90 Å². The summed E-state index contributed by atoms with van der Waals surface area (Å²) < 4.78 is 0. The first-order valence-corrected chi connectivity index (χ1v) is 13.9. The molecule has 0 fully saturated rings.